The van der Waals surface area contributed by atoms with E-state index >= 15 is 0 Å². The van der Waals surface area contributed by atoms with Crippen molar-refractivity contribution >= 4 is 45.1 Å². The number of rotatable bonds is 3. The third-order valence-corrected chi connectivity index (χ3v) is 4.45. The van der Waals surface area contributed by atoms with E-state index in [0.717, 1.165) is 22.5 Å². The van der Waals surface area contributed by atoms with Crippen molar-refractivity contribution < 1.29 is 4.79 Å². The Labute approximate surface area is 143 Å². The average Bonchev–Trinajstić information content (AvgIpc) is 2.78. The summed E-state index contributed by atoms with van der Waals surface area (Å²) >= 11 is 2.27. The molecule has 1 heterocycles. The minimum atomic E-state index is -0.00578. The third-order valence-electron chi connectivity index (χ3n) is 3.78. The number of aromatic nitrogens is 1. The van der Waals surface area contributed by atoms with E-state index in [9.17, 15) is 4.79 Å². The Balaban J connectivity index is 1.83. The lowest BCUT2D eigenvalue weighted by molar-refractivity contribution is -0.116. The van der Waals surface area contributed by atoms with Crippen molar-refractivity contribution in [2.24, 2.45) is 0 Å². The molecule has 4 heteroatoms. The molecule has 2 aromatic carbocycles. The monoisotopic (exact) mass is 404 g/mol. The van der Waals surface area contributed by atoms with Crippen molar-refractivity contribution in [3.8, 4) is 0 Å². The Kier molecular flexibility index (Phi) is 4.20. The normalized spacial score (nSPS) is 10.9. The van der Waals surface area contributed by atoms with Gasteiger partial charge in [-0.05, 0) is 77.7 Å². The molecule has 0 spiro atoms. The van der Waals surface area contributed by atoms with Crippen LogP contribution in [0.3, 0.4) is 0 Å². The fourth-order valence-corrected chi connectivity index (χ4v) is 3.31. The molecule has 1 amide bonds. The van der Waals surface area contributed by atoms with Gasteiger partial charge in [-0.1, -0.05) is 18.2 Å². The summed E-state index contributed by atoms with van der Waals surface area (Å²) in [6.45, 7) is 4.36. The van der Waals surface area contributed by atoms with Gasteiger partial charge in [0.15, 0.2) is 0 Å². The summed E-state index contributed by atoms with van der Waals surface area (Å²) < 4.78 is 3.22. The maximum absolute atomic E-state index is 12.4. The van der Waals surface area contributed by atoms with Crippen LogP contribution in [0.2, 0.25) is 0 Å². The van der Waals surface area contributed by atoms with E-state index < -0.39 is 0 Å². The second-order valence-electron chi connectivity index (χ2n) is 5.44. The van der Waals surface area contributed by atoms with E-state index in [1.807, 2.05) is 48.7 Å². The van der Waals surface area contributed by atoms with Crippen LogP contribution in [0, 0.1) is 17.4 Å². The van der Waals surface area contributed by atoms with Crippen molar-refractivity contribution in [1.29, 1.82) is 0 Å². The molecule has 3 aromatic rings. The van der Waals surface area contributed by atoms with E-state index in [-0.39, 0.29) is 5.91 Å². The number of anilines is 1. The number of nitrogens with one attached hydrogen (secondary N) is 1. The second kappa shape index (κ2) is 6.12. The van der Waals surface area contributed by atoms with Crippen LogP contribution in [0.1, 0.15) is 11.3 Å². The summed E-state index contributed by atoms with van der Waals surface area (Å²) in [5.74, 6) is -0.00578. The standard InChI is InChI=1S/C18H17IN2O/c1-12-9-15(19)7-8-16(12)20-18(22)11-21-13(2)10-14-5-3-4-6-17(14)21/h3-10H,11H2,1-2H3,(H,20,22). The molecule has 3 rings (SSSR count). The van der Waals surface area contributed by atoms with E-state index in [1.54, 1.807) is 0 Å². The van der Waals surface area contributed by atoms with Gasteiger partial charge in [-0.25, -0.2) is 0 Å². The van der Waals surface area contributed by atoms with Crippen LogP contribution >= 0.6 is 22.6 Å². The minimum Gasteiger partial charge on any atom is -0.335 e. The van der Waals surface area contributed by atoms with Crippen LogP contribution < -0.4 is 5.32 Å². The molecule has 0 unspecified atom stereocenters. The second-order valence-corrected chi connectivity index (χ2v) is 6.68. The molecule has 0 saturated heterocycles. The first-order valence-electron chi connectivity index (χ1n) is 7.15. The minimum absolute atomic E-state index is 0.00578. The Morgan fingerprint density at radius 1 is 1.14 bits per heavy atom. The van der Waals surface area contributed by atoms with Gasteiger partial charge >= 0.3 is 0 Å². The molecule has 0 radical (unpaired) electrons. The fraction of sp³-hybridized carbons (Fsp3) is 0.167. The molecule has 3 nitrogen and oxygen atoms in total. The summed E-state index contributed by atoms with van der Waals surface area (Å²) in [5.41, 5.74) is 4.14. The van der Waals surface area contributed by atoms with Crippen LogP contribution in [0.15, 0.2) is 48.5 Å². The zero-order chi connectivity index (χ0) is 15.7. The summed E-state index contributed by atoms with van der Waals surface area (Å²) in [6, 6.07) is 16.3. The number of aryl methyl sites for hydroxylation is 2. The molecule has 0 aliphatic heterocycles. The first kappa shape index (κ1) is 15.1. The van der Waals surface area contributed by atoms with Gasteiger partial charge in [0, 0.05) is 20.5 Å². The first-order valence-corrected chi connectivity index (χ1v) is 8.23. The van der Waals surface area contributed by atoms with Gasteiger partial charge in [0.2, 0.25) is 5.91 Å². The van der Waals surface area contributed by atoms with Crippen LogP contribution in [0.5, 0.6) is 0 Å². The van der Waals surface area contributed by atoms with Gasteiger partial charge in [0.25, 0.3) is 0 Å². The molecule has 1 N–H and O–H groups in total. The van der Waals surface area contributed by atoms with E-state index in [0.29, 0.717) is 6.54 Å². The molecular weight excluding hydrogens is 387 g/mol. The number of hydrogen-bond acceptors (Lipinski definition) is 1. The Hall–Kier alpha value is -1.82. The Morgan fingerprint density at radius 2 is 1.91 bits per heavy atom. The Morgan fingerprint density at radius 3 is 2.68 bits per heavy atom. The van der Waals surface area contributed by atoms with Crippen LogP contribution in [-0.2, 0) is 11.3 Å². The van der Waals surface area contributed by atoms with Crippen molar-refractivity contribution in [2.45, 2.75) is 20.4 Å². The van der Waals surface area contributed by atoms with Gasteiger partial charge in [0.05, 0.1) is 0 Å². The van der Waals surface area contributed by atoms with E-state index in [1.165, 1.54) is 8.96 Å². The summed E-state index contributed by atoms with van der Waals surface area (Å²) in [5, 5.41) is 4.17. The van der Waals surface area contributed by atoms with Crippen LogP contribution in [-0.4, -0.2) is 10.5 Å². The SMILES string of the molecule is Cc1cc(I)ccc1NC(=O)Cn1c(C)cc2ccccc21. The van der Waals surface area contributed by atoms with Crippen molar-refractivity contribution in [2.75, 3.05) is 5.32 Å². The fourth-order valence-electron chi connectivity index (χ4n) is 2.66. The largest absolute Gasteiger partial charge is 0.335 e. The predicted molar refractivity (Wildman–Crippen MR) is 99.2 cm³/mol. The summed E-state index contributed by atoms with van der Waals surface area (Å²) in [6.07, 6.45) is 0. The van der Waals surface area contributed by atoms with Crippen molar-refractivity contribution in [3.05, 3.63) is 63.4 Å². The number of halogens is 1. The highest BCUT2D eigenvalue weighted by atomic mass is 127. The topological polar surface area (TPSA) is 34.0 Å². The number of benzene rings is 2. The quantitative estimate of drug-likeness (QED) is 0.641. The van der Waals surface area contributed by atoms with Gasteiger partial charge in [0.1, 0.15) is 6.54 Å². The summed E-state index contributed by atoms with van der Waals surface area (Å²) in [7, 11) is 0. The van der Waals surface area contributed by atoms with E-state index in [2.05, 4.69) is 46.1 Å². The predicted octanol–water partition coefficient (Wildman–Crippen LogP) is 4.50. The maximum Gasteiger partial charge on any atom is 0.244 e. The molecule has 22 heavy (non-hydrogen) atoms. The number of hydrogen-bond donors (Lipinski definition) is 1. The third kappa shape index (κ3) is 3.02. The van der Waals surface area contributed by atoms with Gasteiger partial charge < -0.3 is 9.88 Å². The number of carbonyl (C=O) groups excluding carboxylic acids is 1. The van der Waals surface area contributed by atoms with Gasteiger partial charge in [-0.3, -0.25) is 4.79 Å². The molecule has 0 aliphatic carbocycles. The zero-order valence-electron chi connectivity index (χ0n) is 12.6. The zero-order valence-corrected chi connectivity index (χ0v) is 14.7. The lowest BCUT2D eigenvalue weighted by Gasteiger charge is -2.11. The van der Waals surface area contributed by atoms with Crippen LogP contribution in [0.25, 0.3) is 10.9 Å². The van der Waals surface area contributed by atoms with E-state index in [4.69, 9.17) is 0 Å². The maximum atomic E-state index is 12.4. The smallest absolute Gasteiger partial charge is 0.244 e. The number of fused-ring (bicyclic) bond motifs is 1. The molecule has 0 atom stereocenters. The van der Waals surface area contributed by atoms with Crippen molar-refractivity contribution in [1.82, 2.24) is 4.57 Å². The first-order chi connectivity index (χ1) is 10.5. The Bertz CT molecular complexity index is 851. The lowest BCUT2D eigenvalue weighted by atomic mass is 10.2. The van der Waals surface area contributed by atoms with Gasteiger partial charge in [-0.15, -0.1) is 0 Å². The number of carbonyl (C=O) groups is 1. The molecule has 0 saturated carbocycles. The lowest BCUT2D eigenvalue weighted by Crippen LogP contribution is -2.19. The van der Waals surface area contributed by atoms with Crippen molar-refractivity contribution in [3.63, 3.8) is 0 Å². The average molecular weight is 404 g/mol. The highest BCUT2D eigenvalue weighted by molar-refractivity contribution is 14.1. The molecule has 1 aromatic heterocycles. The van der Waals surface area contributed by atoms with Crippen LogP contribution in [0.4, 0.5) is 5.69 Å². The molecule has 112 valence electrons. The summed E-state index contributed by atoms with van der Waals surface area (Å²) in [4.78, 5) is 12.4. The number of para-hydroxylation sites is 1. The highest BCUT2D eigenvalue weighted by Crippen LogP contribution is 2.20. The van der Waals surface area contributed by atoms with Gasteiger partial charge in [-0.2, -0.15) is 0 Å². The highest BCUT2D eigenvalue weighted by Gasteiger charge is 2.10. The molecule has 0 aliphatic rings. The molecular formula is C18H17IN2O. The molecule has 0 bridgehead atoms. The molecule has 0 fully saturated rings. The number of amides is 1. The number of nitrogens with zero attached hydrogens (tertiary/aromatic N) is 1.